The molecule has 1 aliphatic rings. The minimum Gasteiger partial charge on any atom is -0.507 e. The highest BCUT2D eigenvalue weighted by Crippen LogP contribution is 2.48. The molecule has 0 unspecified atom stereocenters. The summed E-state index contributed by atoms with van der Waals surface area (Å²) in [5, 5.41) is 10.2. The van der Waals surface area contributed by atoms with Crippen LogP contribution >= 0.6 is 0 Å². The van der Waals surface area contributed by atoms with E-state index in [0.717, 1.165) is 11.3 Å². The van der Waals surface area contributed by atoms with E-state index >= 15 is 0 Å². The number of phenols is 1. The van der Waals surface area contributed by atoms with Gasteiger partial charge in [-0.2, -0.15) is 0 Å². The third kappa shape index (κ3) is 2.21. The van der Waals surface area contributed by atoms with E-state index in [1.54, 1.807) is 6.07 Å². The standard InChI is InChI=1S/C18H26O2/c1-11(2)14-10-18(12(3)4,13(5)6)20-16-9-7-8-15(19)17(14)16/h7-13,19H,1-6H3. The lowest BCUT2D eigenvalue weighted by Gasteiger charge is -2.43. The van der Waals surface area contributed by atoms with Crippen molar-refractivity contribution >= 4 is 5.57 Å². The number of aromatic hydroxyl groups is 1. The van der Waals surface area contributed by atoms with E-state index in [0.29, 0.717) is 23.5 Å². The van der Waals surface area contributed by atoms with Crippen LogP contribution in [-0.4, -0.2) is 10.7 Å². The van der Waals surface area contributed by atoms with Gasteiger partial charge in [0, 0.05) is 0 Å². The van der Waals surface area contributed by atoms with Gasteiger partial charge in [-0.3, -0.25) is 0 Å². The number of fused-ring (bicyclic) bond motifs is 1. The first-order valence-electron chi connectivity index (χ1n) is 7.53. The van der Waals surface area contributed by atoms with E-state index in [9.17, 15) is 5.11 Å². The molecule has 110 valence electrons. The average Bonchev–Trinajstić information content (AvgIpc) is 2.36. The number of ether oxygens (including phenoxy) is 1. The summed E-state index contributed by atoms with van der Waals surface area (Å²) in [6.07, 6.45) is 2.25. The molecule has 0 fully saturated rings. The molecule has 0 aliphatic carbocycles. The van der Waals surface area contributed by atoms with Gasteiger partial charge >= 0.3 is 0 Å². The number of phenolic OH excluding ortho intramolecular Hbond substituents is 1. The summed E-state index contributed by atoms with van der Waals surface area (Å²) in [4.78, 5) is 0. The number of benzene rings is 1. The Morgan fingerprint density at radius 1 is 1.00 bits per heavy atom. The molecule has 2 rings (SSSR count). The summed E-state index contributed by atoms with van der Waals surface area (Å²) < 4.78 is 6.37. The lowest BCUT2D eigenvalue weighted by molar-refractivity contribution is 0.0221. The van der Waals surface area contributed by atoms with Crippen molar-refractivity contribution in [1.29, 1.82) is 0 Å². The molecule has 1 aliphatic heterocycles. The first-order valence-corrected chi connectivity index (χ1v) is 7.53. The molecule has 0 spiro atoms. The summed E-state index contributed by atoms with van der Waals surface area (Å²) in [7, 11) is 0. The normalized spacial score (nSPS) is 17.1. The van der Waals surface area contributed by atoms with Crippen LogP contribution in [-0.2, 0) is 0 Å². The SMILES string of the molecule is CC(C)C1=CC(C(C)C)(C(C)C)Oc2cccc(O)c21. The lowest BCUT2D eigenvalue weighted by Crippen LogP contribution is -2.46. The van der Waals surface area contributed by atoms with E-state index in [1.165, 1.54) is 5.57 Å². The maximum Gasteiger partial charge on any atom is 0.132 e. The van der Waals surface area contributed by atoms with Crippen molar-refractivity contribution in [3.8, 4) is 11.5 Å². The van der Waals surface area contributed by atoms with Gasteiger partial charge in [-0.15, -0.1) is 0 Å². The number of rotatable bonds is 3. The molecule has 0 atom stereocenters. The molecule has 2 heteroatoms. The molecule has 1 aromatic carbocycles. The Morgan fingerprint density at radius 3 is 2.10 bits per heavy atom. The van der Waals surface area contributed by atoms with Gasteiger partial charge in [0.15, 0.2) is 0 Å². The second kappa shape index (κ2) is 5.16. The fraction of sp³-hybridized carbons (Fsp3) is 0.556. The Kier molecular flexibility index (Phi) is 3.86. The van der Waals surface area contributed by atoms with E-state index in [-0.39, 0.29) is 5.60 Å². The minimum atomic E-state index is -0.305. The Balaban J connectivity index is 2.68. The van der Waals surface area contributed by atoms with Crippen molar-refractivity contribution in [2.45, 2.75) is 47.1 Å². The zero-order chi connectivity index (χ0) is 15.1. The van der Waals surface area contributed by atoms with Crippen LogP contribution in [0.2, 0.25) is 0 Å². The monoisotopic (exact) mass is 274 g/mol. The molecule has 0 amide bonds. The van der Waals surface area contributed by atoms with Crippen molar-refractivity contribution in [2.75, 3.05) is 0 Å². The minimum absolute atomic E-state index is 0.305. The molecule has 1 heterocycles. The Hall–Kier alpha value is -1.44. The zero-order valence-corrected chi connectivity index (χ0v) is 13.4. The van der Waals surface area contributed by atoms with Gasteiger partial charge < -0.3 is 9.84 Å². The van der Waals surface area contributed by atoms with E-state index < -0.39 is 0 Å². The highest BCUT2D eigenvalue weighted by molar-refractivity contribution is 5.78. The first-order chi connectivity index (χ1) is 9.29. The molecular formula is C18H26O2. The van der Waals surface area contributed by atoms with Crippen molar-refractivity contribution in [3.63, 3.8) is 0 Å². The summed E-state index contributed by atoms with van der Waals surface area (Å²) in [6.45, 7) is 13.1. The second-order valence-electron chi connectivity index (χ2n) is 6.67. The predicted octanol–water partition coefficient (Wildman–Crippen LogP) is 4.87. The van der Waals surface area contributed by atoms with Crippen LogP contribution in [0.25, 0.3) is 5.57 Å². The van der Waals surface area contributed by atoms with Gasteiger partial charge in [-0.1, -0.05) is 47.6 Å². The zero-order valence-electron chi connectivity index (χ0n) is 13.4. The van der Waals surface area contributed by atoms with Crippen LogP contribution in [0.3, 0.4) is 0 Å². The third-order valence-corrected chi connectivity index (χ3v) is 4.39. The van der Waals surface area contributed by atoms with Gasteiger partial charge in [-0.25, -0.2) is 0 Å². The van der Waals surface area contributed by atoms with Gasteiger partial charge in [0.2, 0.25) is 0 Å². The quantitative estimate of drug-likeness (QED) is 0.851. The van der Waals surface area contributed by atoms with Crippen LogP contribution < -0.4 is 4.74 Å². The van der Waals surface area contributed by atoms with Crippen molar-refractivity contribution in [1.82, 2.24) is 0 Å². The number of hydrogen-bond acceptors (Lipinski definition) is 2. The molecule has 0 aromatic heterocycles. The average molecular weight is 274 g/mol. The van der Waals surface area contributed by atoms with Crippen molar-refractivity contribution in [2.24, 2.45) is 17.8 Å². The molecule has 0 saturated heterocycles. The van der Waals surface area contributed by atoms with Crippen LogP contribution in [0.15, 0.2) is 24.3 Å². The van der Waals surface area contributed by atoms with Gasteiger partial charge in [0.05, 0.1) is 5.56 Å². The lowest BCUT2D eigenvalue weighted by atomic mass is 9.75. The molecule has 1 aromatic rings. The Labute approximate surface area is 122 Å². The van der Waals surface area contributed by atoms with E-state index in [1.807, 2.05) is 12.1 Å². The maximum atomic E-state index is 10.2. The molecule has 20 heavy (non-hydrogen) atoms. The Morgan fingerprint density at radius 2 is 1.60 bits per heavy atom. The van der Waals surface area contributed by atoms with Crippen molar-refractivity contribution in [3.05, 3.63) is 29.8 Å². The maximum absolute atomic E-state index is 10.2. The van der Waals surface area contributed by atoms with Crippen molar-refractivity contribution < 1.29 is 9.84 Å². The summed E-state index contributed by atoms with van der Waals surface area (Å²) in [5.41, 5.74) is 1.74. The highest BCUT2D eigenvalue weighted by atomic mass is 16.5. The molecule has 0 bridgehead atoms. The fourth-order valence-corrected chi connectivity index (χ4v) is 3.12. The van der Waals surface area contributed by atoms with E-state index in [4.69, 9.17) is 4.74 Å². The fourth-order valence-electron chi connectivity index (χ4n) is 3.12. The number of allylic oxidation sites excluding steroid dienone is 1. The topological polar surface area (TPSA) is 29.5 Å². The van der Waals surface area contributed by atoms with Gasteiger partial charge in [-0.05, 0) is 41.5 Å². The Bertz CT molecular complexity index is 516. The molecular weight excluding hydrogens is 248 g/mol. The van der Waals surface area contributed by atoms with Gasteiger partial charge in [0.25, 0.3) is 0 Å². The van der Waals surface area contributed by atoms with Crippen LogP contribution in [0.1, 0.15) is 47.1 Å². The first kappa shape index (κ1) is 15.0. The van der Waals surface area contributed by atoms with E-state index in [2.05, 4.69) is 47.6 Å². The molecule has 0 radical (unpaired) electrons. The van der Waals surface area contributed by atoms with Crippen LogP contribution in [0.5, 0.6) is 11.5 Å². The van der Waals surface area contributed by atoms with Gasteiger partial charge in [0.1, 0.15) is 17.1 Å². The molecule has 1 N–H and O–H groups in total. The predicted molar refractivity (Wildman–Crippen MR) is 84.0 cm³/mol. The summed E-state index contributed by atoms with van der Waals surface area (Å²) in [6, 6.07) is 5.54. The number of hydrogen-bond donors (Lipinski definition) is 1. The highest BCUT2D eigenvalue weighted by Gasteiger charge is 2.42. The van der Waals surface area contributed by atoms with Crippen LogP contribution in [0.4, 0.5) is 0 Å². The largest absolute Gasteiger partial charge is 0.507 e. The second-order valence-corrected chi connectivity index (χ2v) is 6.67. The van der Waals surface area contributed by atoms with Crippen LogP contribution in [0, 0.1) is 17.8 Å². The molecule has 0 saturated carbocycles. The third-order valence-electron chi connectivity index (χ3n) is 4.39. The summed E-state index contributed by atoms with van der Waals surface area (Å²) in [5.74, 6) is 2.20. The summed E-state index contributed by atoms with van der Waals surface area (Å²) >= 11 is 0. The molecule has 2 nitrogen and oxygen atoms in total. The smallest absolute Gasteiger partial charge is 0.132 e.